The fourth-order valence-electron chi connectivity index (χ4n) is 2.29. The minimum atomic E-state index is 0.398. The van der Waals surface area contributed by atoms with Crippen molar-refractivity contribution in [2.24, 2.45) is 5.73 Å². The van der Waals surface area contributed by atoms with Crippen LogP contribution in [0.3, 0.4) is 0 Å². The molecule has 4 nitrogen and oxygen atoms in total. The molecule has 5 heteroatoms. The van der Waals surface area contributed by atoms with Gasteiger partial charge < -0.3 is 5.73 Å². The molecule has 0 fully saturated rings. The molecule has 2 N–H and O–H groups in total. The predicted octanol–water partition coefficient (Wildman–Crippen LogP) is 4.14. The summed E-state index contributed by atoms with van der Waals surface area (Å²) in [7, 11) is 0. The van der Waals surface area contributed by atoms with E-state index in [1.807, 2.05) is 41.1 Å². The molecule has 0 amide bonds. The van der Waals surface area contributed by atoms with Gasteiger partial charge >= 0.3 is 0 Å². The average molecular weight is 319 g/mol. The maximum absolute atomic E-state index is 5.90. The zero-order chi connectivity index (χ0) is 15.8. The summed E-state index contributed by atoms with van der Waals surface area (Å²) in [6.45, 7) is 3.49. The Morgan fingerprint density at radius 1 is 1.14 bits per heavy atom. The summed E-state index contributed by atoms with van der Waals surface area (Å²) in [4.78, 5) is 0. The van der Waals surface area contributed by atoms with Gasteiger partial charge in [0, 0.05) is 18.1 Å². The molecule has 0 unspecified atom stereocenters. The van der Waals surface area contributed by atoms with Crippen molar-refractivity contribution in [3.63, 3.8) is 0 Å². The lowest BCUT2D eigenvalue weighted by molar-refractivity contribution is 0.525. The summed E-state index contributed by atoms with van der Waals surface area (Å²) < 4.78 is 1.95. The van der Waals surface area contributed by atoms with E-state index in [0.717, 1.165) is 34.9 Å². The van der Waals surface area contributed by atoms with Gasteiger partial charge in [-0.15, -0.1) is 5.10 Å². The number of benzene rings is 1. The SMILES string of the molecule is CCCCCCn1nnc(CN)c1/C=C/c1ccc(Cl)cc1. The molecule has 0 saturated heterocycles. The lowest BCUT2D eigenvalue weighted by atomic mass is 10.2. The summed E-state index contributed by atoms with van der Waals surface area (Å²) >= 11 is 5.90. The van der Waals surface area contributed by atoms with Crippen LogP contribution < -0.4 is 5.73 Å². The maximum atomic E-state index is 5.90. The summed E-state index contributed by atoms with van der Waals surface area (Å²) in [6.07, 6.45) is 8.89. The normalized spacial score (nSPS) is 11.4. The van der Waals surface area contributed by atoms with Crippen LogP contribution in [-0.4, -0.2) is 15.0 Å². The van der Waals surface area contributed by atoms with E-state index in [1.165, 1.54) is 19.3 Å². The van der Waals surface area contributed by atoms with E-state index in [9.17, 15) is 0 Å². The number of hydrogen-bond donors (Lipinski definition) is 1. The highest BCUT2D eigenvalue weighted by molar-refractivity contribution is 6.30. The highest BCUT2D eigenvalue weighted by atomic mass is 35.5. The molecule has 1 heterocycles. The molecule has 22 heavy (non-hydrogen) atoms. The van der Waals surface area contributed by atoms with Crippen molar-refractivity contribution in [2.45, 2.75) is 45.7 Å². The zero-order valence-electron chi connectivity index (χ0n) is 13.0. The number of hydrogen-bond acceptors (Lipinski definition) is 3. The van der Waals surface area contributed by atoms with Crippen molar-refractivity contribution in [3.8, 4) is 0 Å². The number of nitrogens with two attached hydrogens (primary N) is 1. The highest BCUT2D eigenvalue weighted by Crippen LogP contribution is 2.15. The van der Waals surface area contributed by atoms with Gasteiger partial charge in [0.2, 0.25) is 0 Å². The van der Waals surface area contributed by atoms with Gasteiger partial charge in [-0.3, -0.25) is 0 Å². The Morgan fingerprint density at radius 2 is 1.91 bits per heavy atom. The zero-order valence-corrected chi connectivity index (χ0v) is 13.8. The Hall–Kier alpha value is -1.65. The van der Waals surface area contributed by atoms with E-state index in [2.05, 4.69) is 17.2 Å². The molecular formula is C17H23ClN4. The topological polar surface area (TPSA) is 56.7 Å². The molecule has 0 spiro atoms. The summed E-state index contributed by atoms with van der Waals surface area (Å²) in [6, 6.07) is 7.73. The molecule has 1 aromatic carbocycles. The molecule has 0 bridgehead atoms. The number of halogens is 1. The van der Waals surface area contributed by atoms with E-state index < -0.39 is 0 Å². The summed E-state index contributed by atoms with van der Waals surface area (Å²) in [5.74, 6) is 0. The van der Waals surface area contributed by atoms with Crippen LogP contribution in [0.15, 0.2) is 24.3 Å². The molecule has 1 aromatic heterocycles. The first-order chi connectivity index (χ1) is 10.7. The summed E-state index contributed by atoms with van der Waals surface area (Å²) in [5.41, 5.74) is 8.68. The number of rotatable bonds is 8. The number of aromatic nitrogens is 3. The van der Waals surface area contributed by atoms with Crippen LogP contribution in [0.2, 0.25) is 5.02 Å². The predicted molar refractivity (Wildman–Crippen MR) is 92.4 cm³/mol. The van der Waals surface area contributed by atoms with Gasteiger partial charge in [0.1, 0.15) is 5.69 Å². The molecule has 0 radical (unpaired) electrons. The molecule has 0 aliphatic heterocycles. The maximum Gasteiger partial charge on any atom is 0.104 e. The van der Waals surface area contributed by atoms with Gasteiger partial charge in [-0.2, -0.15) is 0 Å². The number of aryl methyl sites for hydroxylation is 1. The molecule has 2 aromatic rings. The second-order valence-electron chi connectivity index (χ2n) is 5.29. The number of unbranched alkanes of at least 4 members (excludes halogenated alkanes) is 3. The van der Waals surface area contributed by atoms with Crippen LogP contribution in [-0.2, 0) is 13.1 Å². The van der Waals surface area contributed by atoms with Crippen LogP contribution in [0, 0.1) is 0 Å². The fraction of sp³-hybridized carbons (Fsp3) is 0.412. The van der Waals surface area contributed by atoms with E-state index in [0.29, 0.717) is 6.54 Å². The number of nitrogens with zero attached hydrogens (tertiary/aromatic N) is 3. The van der Waals surface area contributed by atoms with Crippen molar-refractivity contribution < 1.29 is 0 Å². The largest absolute Gasteiger partial charge is 0.325 e. The van der Waals surface area contributed by atoms with Crippen LogP contribution in [0.5, 0.6) is 0 Å². The first kappa shape index (κ1) is 16.7. The van der Waals surface area contributed by atoms with Crippen LogP contribution in [0.1, 0.15) is 49.6 Å². The Morgan fingerprint density at radius 3 is 2.59 bits per heavy atom. The Kier molecular flexibility index (Phi) is 6.62. The first-order valence-electron chi connectivity index (χ1n) is 7.80. The third-order valence-electron chi connectivity index (χ3n) is 3.57. The molecule has 118 valence electrons. The van der Waals surface area contributed by atoms with Crippen molar-refractivity contribution in [1.82, 2.24) is 15.0 Å². The second kappa shape index (κ2) is 8.71. The van der Waals surface area contributed by atoms with Gasteiger partial charge in [0.15, 0.2) is 0 Å². The highest BCUT2D eigenvalue weighted by Gasteiger charge is 2.08. The lowest BCUT2D eigenvalue weighted by Crippen LogP contribution is -2.04. The van der Waals surface area contributed by atoms with Crippen molar-refractivity contribution in [1.29, 1.82) is 0 Å². The third-order valence-corrected chi connectivity index (χ3v) is 3.82. The van der Waals surface area contributed by atoms with Crippen LogP contribution in [0.25, 0.3) is 12.2 Å². The molecule has 0 saturated carbocycles. The van der Waals surface area contributed by atoms with Crippen LogP contribution in [0.4, 0.5) is 0 Å². The summed E-state index contributed by atoms with van der Waals surface area (Å²) in [5, 5.41) is 9.14. The molecule has 0 aliphatic rings. The fourth-order valence-corrected chi connectivity index (χ4v) is 2.41. The van der Waals surface area contributed by atoms with Crippen molar-refractivity contribution >= 4 is 23.8 Å². The van der Waals surface area contributed by atoms with Crippen molar-refractivity contribution in [3.05, 3.63) is 46.2 Å². The second-order valence-corrected chi connectivity index (χ2v) is 5.73. The smallest absolute Gasteiger partial charge is 0.104 e. The third kappa shape index (κ3) is 4.68. The first-order valence-corrected chi connectivity index (χ1v) is 8.18. The van der Waals surface area contributed by atoms with Gasteiger partial charge in [0.05, 0.1) is 5.69 Å². The average Bonchev–Trinajstić information content (AvgIpc) is 2.93. The minimum absolute atomic E-state index is 0.398. The Balaban J connectivity index is 2.10. The van der Waals surface area contributed by atoms with E-state index in [-0.39, 0.29) is 0 Å². The van der Waals surface area contributed by atoms with E-state index in [1.54, 1.807) is 0 Å². The van der Waals surface area contributed by atoms with E-state index in [4.69, 9.17) is 17.3 Å². The van der Waals surface area contributed by atoms with Gasteiger partial charge in [-0.05, 0) is 30.2 Å². The lowest BCUT2D eigenvalue weighted by Gasteiger charge is -2.04. The minimum Gasteiger partial charge on any atom is -0.325 e. The van der Waals surface area contributed by atoms with Gasteiger partial charge in [-0.25, -0.2) is 4.68 Å². The van der Waals surface area contributed by atoms with Crippen molar-refractivity contribution in [2.75, 3.05) is 0 Å². The Labute approximate surface area is 137 Å². The Bertz CT molecular complexity index is 602. The van der Waals surface area contributed by atoms with Gasteiger partial charge in [0.25, 0.3) is 0 Å². The standard InChI is InChI=1S/C17H23ClN4/c1-2-3-4-5-12-22-17(16(13-19)20-21-22)11-8-14-6-9-15(18)10-7-14/h6-11H,2-5,12-13,19H2,1H3/b11-8+. The van der Waals surface area contributed by atoms with Gasteiger partial charge in [-0.1, -0.05) is 61.2 Å². The quantitative estimate of drug-likeness (QED) is 0.744. The molecular weight excluding hydrogens is 296 g/mol. The molecule has 0 atom stereocenters. The van der Waals surface area contributed by atoms with Crippen LogP contribution >= 0.6 is 11.6 Å². The monoisotopic (exact) mass is 318 g/mol. The van der Waals surface area contributed by atoms with E-state index >= 15 is 0 Å². The molecule has 2 rings (SSSR count). The molecule has 0 aliphatic carbocycles.